The number of thioether (sulfide) groups is 1. The minimum atomic E-state index is -0.193. The van der Waals surface area contributed by atoms with Crippen molar-refractivity contribution in [3.8, 4) is 22.5 Å². The molecule has 0 saturated heterocycles. The van der Waals surface area contributed by atoms with Crippen molar-refractivity contribution in [3.63, 3.8) is 0 Å². The Labute approximate surface area is 220 Å². The maximum Gasteiger partial charge on any atom is 0.260 e. The molecule has 4 aromatic heterocycles. The van der Waals surface area contributed by atoms with Gasteiger partial charge in [-0.3, -0.25) is 9.59 Å². The van der Waals surface area contributed by atoms with Gasteiger partial charge >= 0.3 is 0 Å². The van der Waals surface area contributed by atoms with Crippen LogP contribution >= 0.6 is 23.1 Å². The van der Waals surface area contributed by atoms with Gasteiger partial charge in [-0.2, -0.15) is 4.98 Å². The first-order valence-electron chi connectivity index (χ1n) is 12.2. The fourth-order valence-corrected chi connectivity index (χ4v) is 6.48. The number of aromatic nitrogens is 5. The fraction of sp³-hybridized carbons (Fsp3) is 0.296. The van der Waals surface area contributed by atoms with Crippen molar-refractivity contribution in [3.05, 3.63) is 85.5 Å². The second kappa shape index (κ2) is 9.75. The van der Waals surface area contributed by atoms with Crippen LogP contribution in [-0.2, 0) is 18.6 Å². The normalized spacial score (nSPS) is 16.1. The molecule has 10 heteroatoms. The van der Waals surface area contributed by atoms with E-state index in [1.54, 1.807) is 0 Å². The molecular formula is C27H25N5O3S2. The number of fused-ring (bicyclic) bond motifs is 2. The topological polar surface area (TPSA) is 118 Å². The molecule has 2 atom stereocenters. The molecule has 6 rings (SSSR count). The van der Waals surface area contributed by atoms with Crippen molar-refractivity contribution in [2.24, 2.45) is 5.92 Å². The number of nitrogens with one attached hydrogen (secondary N) is 2. The molecule has 1 aromatic carbocycles. The molecule has 0 saturated carbocycles. The number of aromatic amines is 2. The van der Waals surface area contributed by atoms with Crippen molar-refractivity contribution in [1.29, 1.82) is 0 Å². The minimum absolute atomic E-state index is 0.144. The molecule has 1 aliphatic carbocycles. The SMILES string of the molecule is CC1CCc2[nH]c(=O)c(-c3noc(C(C)SCc4nc5scc(-c6ccccc6)c5c(=O)[nH]4)n3)cc2C1. The Morgan fingerprint density at radius 2 is 1.97 bits per heavy atom. The van der Waals surface area contributed by atoms with Crippen LogP contribution in [-0.4, -0.2) is 25.1 Å². The first-order valence-corrected chi connectivity index (χ1v) is 14.2. The van der Waals surface area contributed by atoms with Crippen molar-refractivity contribution in [2.45, 2.75) is 44.1 Å². The summed E-state index contributed by atoms with van der Waals surface area (Å²) in [6.07, 6.45) is 2.90. The Balaban J connectivity index is 1.19. The van der Waals surface area contributed by atoms with Crippen LogP contribution in [0.5, 0.6) is 0 Å². The van der Waals surface area contributed by atoms with Gasteiger partial charge in [-0.25, -0.2) is 4.98 Å². The number of hydrogen-bond donors (Lipinski definition) is 2. The van der Waals surface area contributed by atoms with E-state index >= 15 is 0 Å². The van der Waals surface area contributed by atoms with Gasteiger partial charge in [0.1, 0.15) is 10.7 Å². The highest BCUT2D eigenvalue weighted by Gasteiger charge is 2.22. The van der Waals surface area contributed by atoms with Crippen LogP contribution in [0.4, 0.5) is 0 Å². The number of rotatable bonds is 6. The number of H-pyrrole nitrogens is 2. The number of pyridine rings is 1. The molecule has 0 aliphatic heterocycles. The second-order valence-corrected chi connectivity index (χ2v) is 11.7. The zero-order valence-corrected chi connectivity index (χ0v) is 22.0. The lowest BCUT2D eigenvalue weighted by Crippen LogP contribution is -2.20. The van der Waals surface area contributed by atoms with E-state index in [0.717, 1.165) is 41.6 Å². The third-order valence-corrected chi connectivity index (χ3v) is 8.76. The molecule has 4 heterocycles. The van der Waals surface area contributed by atoms with Gasteiger partial charge < -0.3 is 14.5 Å². The molecule has 5 aromatic rings. The highest BCUT2D eigenvalue weighted by Crippen LogP contribution is 2.33. The van der Waals surface area contributed by atoms with E-state index in [4.69, 9.17) is 4.52 Å². The Morgan fingerprint density at radius 3 is 2.81 bits per heavy atom. The Bertz CT molecular complexity index is 1700. The molecule has 0 bridgehead atoms. The van der Waals surface area contributed by atoms with Crippen LogP contribution in [0.3, 0.4) is 0 Å². The van der Waals surface area contributed by atoms with Crippen LogP contribution in [0.15, 0.2) is 55.9 Å². The van der Waals surface area contributed by atoms with Gasteiger partial charge in [-0.05, 0) is 49.3 Å². The molecule has 1 aliphatic rings. The first kappa shape index (κ1) is 23.9. The largest absolute Gasteiger partial charge is 0.338 e. The number of hydrogen-bond acceptors (Lipinski definition) is 8. The number of aryl methyl sites for hydroxylation is 1. The zero-order valence-electron chi connectivity index (χ0n) is 20.4. The summed E-state index contributed by atoms with van der Waals surface area (Å²) in [5, 5.41) is 6.53. The summed E-state index contributed by atoms with van der Waals surface area (Å²) in [5.74, 6) is 2.37. The minimum Gasteiger partial charge on any atom is -0.338 e. The number of benzene rings is 1. The second-order valence-electron chi connectivity index (χ2n) is 9.48. The molecule has 2 unspecified atom stereocenters. The molecular weight excluding hydrogens is 506 g/mol. The maximum absolute atomic E-state index is 12.9. The van der Waals surface area contributed by atoms with Gasteiger partial charge in [-0.15, -0.1) is 23.1 Å². The number of thiophene rings is 1. The molecule has 8 nitrogen and oxygen atoms in total. The zero-order chi connectivity index (χ0) is 25.5. The fourth-order valence-electron chi connectivity index (χ4n) is 4.73. The molecule has 188 valence electrons. The standard InChI is InChI=1S/C27H25N5O3S2/c1-14-8-9-20-17(10-14)11-18(24(33)28-20)23-31-26(35-32-23)15(2)36-13-21-29-25(34)22-19(12-37-27(22)30-21)16-6-4-3-5-7-16/h3-7,11-12,14-15H,8-10,13H2,1-2H3,(H,28,33)(H,29,30,34). The highest BCUT2D eigenvalue weighted by molar-refractivity contribution is 7.98. The van der Waals surface area contributed by atoms with Gasteiger partial charge in [-0.1, -0.05) is 42.4 Å². The number of nitrogens with zero attached hydrogens (tertiary/aromatic N) is 3. The van der Waals surface area contributed by atoms with E-state index in [-0.39, 0.29) is 16.4 Å². The van der Waals surface area contributed by atoms with E-state index in [1.165, 1.54) is 23.1 Å². The summed E-state index contributed by atoms with van der Waals surface area (Å²) in [6, 6.07) is 11.8. The van der Waals surface area contributed by atoms with Gasteiger partial charge in [0.25, 0.3) is 11.1 Å². The third-order valence-electron chi connectivity index (χ3n) is 6.75. The van der Waals surface area contributed by atoms with E-state index in [9.17, 15) is 9.59 Å². The van der Waals surface area contributed by atoms with Gasteiger partial charge in [0.15, 0.2) is 0 Å². The van der Waals surface area contributed by atoms with Crippen LogP contribution in [0.25, 0.3) is 32.7 Å². The molecule has 37 heavy (non-hydrogen) atoms. The van der Waals surface area contributed by atoms with E-state index in [2.05, 4.69) is 32.0 Å². The Hall–Kier alpha value is -3.50. The van der Waals surface area contributed by atoms with Crippen molar-refractivity contribution in [1.82, 2.24) is 25.1 Å². The lowest BCUT2D eigenvalue weighted by atomic mass is 9.87. The summed E-state index contributed by atoms with van der Waals surface area (Å²) in [7, 11) is 0. The van der Waals surface area contributed by atoms with E-state index in [1.807, 2.05) is 48.7 Å². The van der Waals surface area contributed by atoms with E-state index in [0.29, 0.717) is 45.0 Å². The van der Waals surface area contributed by atoms with Crippen LogP contribution < -0.4 is 11.1 Å². The lowest BCUT2D eigenvalue weighted by Gasteiger charge is -2.21. The Kier molecular flexibility index (Phi) is 6.29. The Morgan fingerprint density at radius 1 is 1.14 bits per heavy atom. The maximum atomic E-state index is 12.9. The quantitative estimate of drug-likeness (QED) is 0.297. The molecule has 0 fully saturated rings. The molecule has 0 amide bonds. The molecule has 0 spiro atoms. The summed E-state index contributed by atoms with van der Waals surface area (Å²) in [4.78, 5) is 41.4. The van der Waals surface area contributed by atoms with Gasteiger partial charge in [0.05, 0.1) is 22.0 Å². The molecule has 0 radical (unpaired) electrons. The lowest BCUT2D eigenvalue weighted by molar-refractivity contribution is 0.380. The first-order chi connectivity index (χ1) is 18.0. The third kappa shape index (κ3) is 4.67. The van der Waals surface area contributed by atoms with Crippen molar-refractivity contribution in [2.75, 3.05) is 0 Å². The summed E-state index contributed by atoms with van der Waals surface area (Å²) >= 11 is 2.99. The van der Waals surface area contributed by atoms with Crippen molar-refractivity contribution >= 4 is 33.3 Å². The highest BCUT2D eigenvalue weighted by atomic mass is 32.2. The van der Waals surface area contributed by atoms with Crippen LogP contribution in [0, 0.1) is 5.92 Å². The monoisotopic (exact) mass is 531 g/mol. The van der Waals surface area contributed by atoms with Crippen LogP contribution in [0.2, 0.25) is 0 Å². The van der Waals surface area contributed by atoms with Crippen LogP contribution in [0.1, 0.15) is 48.5 Å². The predicted octanol–water partition coefficient (Wildman–Crippen LogP) is 5.51. The summed E-state index contributed by atoms with van der Waals surface area (Å²) in [5.41, 5.74) is 4.15. The summed E-state index contributed by atoms with van der Waals surface area (Å²) < 4.78 is 5.51. The smallest absolute Gasteiger partial charge is 0.260 e. The van der Waals surface area contributed by atoms with Crippen molar-refractivity contribution < 1.29 is 4.52 Å². The summed E-state index contributed by atoms with van der Waals surface area (Å²) in [6.45, 7) is 4.18. The predicted molar refractivity (Wildman–Crippen MR) is 147 cm³/mol. The molecule has 2 N–H and O–H groups in total. The van der Waals surface area contributed by atoms with E-state index < -0.39 is 0 Å². The van der Waals surface area contributed by atoms with Gasteiger partial charge in [0, 0.05) is 16.6 Å². The average molecular weight is 532 g/mol. The average Bonchev–Trinajstić information content (AvgIpc) is 3.56. The van der Waals surface area contributed by atoms with Gasteiger partial charge in [0.2, 0.25) is 11.7 Å².